The smallest absolute Gasteiger partial charge is 0.0946 e. The van der Waals surface area contributed by atoms with Crippen molar-refractivity contribution < 1.29 is 0 Å². The first-order valence-corrected chi connectivity index (χ1v) is 3.79. The Morgan fingerprint density at radius 1 is 1.50 bits per heavy atom. The van der Waals surface area contributed by atoms with Crippen LogP contribution in [0, 0.1) is 0 Å². The van der Waals surface area contributed by atoms with Crippen LogP contribution >= 0.6 is 0 Å². The Balaban J connectivity index is 0.000000371. The molecule has 0 atom stereocenters. The molecule has 0 aliphatic rings. The van der Waals surface area contributed by atoms with Gasteiger partial charge in [0.2, 0.25) is 0 Å². The predicted octanol–water partition coefficient (Wildman–Crippen LogP) is 2.01. The number of rotatable bonds is 1. The fourth-order valence-electron chi connectivity index (χ4n) is 0.650. The molecular weight excluding hydrogens is 124 g/mol. The second kappa shape index (κ2) is 5.03. The van der Waals surface area contributed by atoms with Crippen molar-refractivity contribution in [2.45, 2.75) is 27.2 Å². The summed E-state index contributed by atoms with van der Waals surface area (Å²) in [5, 5.41) is 0. The van der Waals surface area contributed by atoms with Crippen molar-refractivity contribution in [1.82, 2.24) is 9.55 Å². The molecule has 2 heteroatoms. The minimum absolute atomic E-state index is 1.03. The van der Waals surface area contributed by atoms with Crippen LogP contribution in [0.5, 0.6) is 0 Å². The van der Waals surface area contributed by atoms with Gasteiger partial charge in [-0.25, -0.2) is 4.98 Å². The number of hydrogen-bond donors (Lipinski definition) is 0. The maximum Gasteiger partial charge on any atom is 0.0946 e. The summed E-state index contributed by atoms with van der Waals surface area (Å²) in [6.07, 6.45) is 4.87. The Labute approximate surface area is 62.9 Å². The lowest BCUT2D eigenvalue weighted by molar-refractivity contribution is 0.912. The Bertz CT molecular complexity index is 168. The molecule has 58 valence electrons. The highest BCUT2D eigenvalue weighted by molar-refractivity contribution is 4.94. The lowest BCUT2D eigenvalue weighted by atomic mass is 10.4. The van der Waals surface area contributed by atoms with Gasteiger partial charge in [0.05, 0.1) is 12.0 Å². The molecule has 0 fully saturated rings. The van der Waals surface area contributed by atoms with E-state index in [1.54, 1.807) is 0 Å². The van der Waals surface area contributed by atoms with E-state index in [1.807, 2.05) is 38.0 Å². The van der Waals surface area contributed by atoms with Gasteiger partial charge < -0.3 is 4.57 Å². The SMILES string of the molecule is CC.CCc1cn(C)cn1. The van der Waals surface area contributed by atoms with E-state index in [4.69, 9.17) is 0 Å². The number of hydrogen-bond acceptors (Lipinski definition) is 1. The number of aryl methyl sites for hydroxylation is 2. The van der Waals surface area contributed by atoms with Crippen LogP contribution in [-0.2, 0) is 13.5 Å². The van der Waals surface area contributed by atoms with E-state index in [9.17, 15) is 0 Å². The fourth-order valence-corrected chi connectivity index (χ4v) is 0.650. The van der Waals surface area contributed by atoms with E-state index in [0.717, 1.165) is 12.1 Å². The van der Waals surface area contributed by atoms with E-state index in [2.05, 4.69) is 11.9 Å². The predicted molar refractivity (Wildman–Crippen MR) is 43.9 cm³/mol. The molecule has 0 saturated heterocycles. The summed E-state index contributed by atoms with van der Waals surface area (Å²) in [6, 6.07) is 0. The highest BCUT2D eigenvalue weighted by Gasteiger charge is 1.88. The van der Waals surface area contributed by atoms with Crippen LogP contribution in [-0.4, -0.2) is 9.55 Å². The van der Waals surface area contributed by atoms with Crippen LogP contribution in [0.15, 0.2) is 12.5 Å². The summed E-state index contributed by atoms with van der Waals surface area (Å²) < 4.78 is 1.96. The van der Waals surface area contributed by atoms with Gasteiger partial charge in [0.15, 0.2) is 0 Å². The zero-order chi connectivity index (χ0) is 7.98. The average Bonchev–Trinajstić information content (AvgIpc) is 2.40. The molecule has 0 aliphatic heterocycles. The van der Waals surface area contributed by atoms with Gasteiger partial charge in [-0.15, -0.1) is 0 Å². The molecule has 0 spiro atoms. The van der Waals surface area contributed by atoms with Crippen LogP contribution in [0.25, 0.3) is 0 Å². The molecule has 0 aromatic carbocycles. The minimum Gasteiger partial charge on any atom is -0.340 e. The second-order valence-corrected chi connectivity index (χ2v) is 1.88. The Morgan fingerprint density at radius 2 is 2.10 bits per heavy atom. The van der Waals surface area contributed by atoms with Gasteiger partial charge in [0.25, 0.3) is 0 Å². The molecule has 1 heterocycles. The molecule has 0 unspecified atom stereocenters. The summed E-state index contributed by atoms with van der Waals surface area (Å²) >= 11 is 0. The molecule has 2 nitrogen and oxygen atoms in total. The first-order chi connectivity index (χ1) is 4.83. The monoisotopic (exact) mass is 140 g/mol. The summed E-state index contributed by atoms with van der Waals surface area (Å²) in [7, 11) is 1.98. The van der Waals surface area contributed by atoms with Crippen molar-refractivity contribution in [2.24, 2.45) is 7.05 Å². The van der Waals surface area contributed by atoms with Crippen molar-refractivity contribution in [3.63, 3.8) is 0 Å². The maximum atomic E-state index is 4.10. The average molecular weight is 140 g/mol. The molecule has 0 bridgehead atoms. The molecule has 0 radical (unpaired) electrons. The highest BCUT2D eigenvalue weighted by atomic mass is 15.0. The zero-order valence-corrected chi connectivity index (χ0v) is 7.26. The van der Waals surface area contributed by atoms with E-state index in [0.29, 0.717) is 0 Å². The van der Waals surface area contributed by atoms with E-state index >= 15 is 0 Å². The zero-order valence-electron chi connectivity index (χ0n) is 7.26. The summed E-state index contributed by atoms with van der Waals surface area (Å²) in [5.41, 5.74) is 1.16. The largest absolute Gasteiger partial charge is 0.340 e. The van der Waals surface area contributed by atoms with Crippen LogP contribution in [0.2, 0.25) is 0 Å². The van der Waals surface area contributed by atoms with Crippen molar-refractivity contribution in [3.8, 4) is 0 Å². The lowest BCUT2D eigenvalue weighted by Gasteiger charge is -1.81. The van der Waals surface area contributed by atoms with Gasteiger partial charge in [-0.2, -0.15) is 0 Å². The quantitative estimate of drug-likeness (QED) is 0.583. The van der Waals surface area contributed by atoms with Gasteiger partial charge in [-0.05, 0) is 6.42 Å². The number of nitrogens with zero attached hydrogens (tertiary/aromatic N) is 2. The normalized spacial score (nSPS) is 8.40. The molecule has 0 aliphatic carbocycles. The van der Waals surface area contributed by atoms with Gasteiger partial charge >= 0.3 is 0 Å². The van der Waals surface area contributed by atoms with Crippen LogP contribution in [0.4, 0.5) is 0 Å². The Kier molecular flexibility index (Phi) is 4.63. The van der Waals surface area contributed by atoms with Crippen molar-refractivity contribution >= 4 is 0 Å². The summed E-state index contributed by atoms with van der Waals surface area (Å²) in [5.74, 6) is 0. The molecule has 1 aromatic rings. The fraction of sp³-hybridized carbons (Fsp3) is 0.625. The van der Waals surface area contributed by atoms with Gasteiger partial charge in [-0.1, -0.05) is 20.8 Å². The molecule has 0 N–H and O–H groups in total. The summed E-state index contributed by atoms with van der Waals surface area (Å²) in [4.78, 5) is 4.10. The van der Waals surface area contributed by atoms with Crippen LogP contribution < -0.4 is 0 Å². The third-order valence-corrected chi connectivity index (χ3v) is 1.12. The standard InChI is InChI=1S/C6H10N2.C2H6/c1-3-6-4-8(2)5-7-6;1-2/h4-5H,3H2,1-2H3;1-2H3. The molecule has 0 saturated carbocycles. The molecule has 0 amide bonds. The lowest BCUT2D eigenvalue weighted by Crippen LogP contribution is -1.78. The first-order valence-electron chi connectivity index (χ1n) is 3.79. The molecule has 1 aromatic heterocycles. The van der Waals surface area contributed by atoms with Gasteiger partial charge in [-0.3, -0.25) is 0 Å². The topological polar surface area (TPSA) is 17.8 Å². The molecule has 1 rings (SSSR count). The van der Waals surface area contributed by atoms with Crippen molar-refractivity contribution in [1.29, 1.82) is 0 Å². The first kappa shape index (κ1) is 9.21. The summed E-state index contributed by atoms with van der Waals surface area (Å²) in [6.45, 7) is 6.10. The van der Waals surface area contributed by atoms with Crippen molar-refractivity contribution in [3.05, 3.63) is 18.2 Å². The van der Waals surface area contributed by atoms with Gasteiger partial charge in [0, 0.05) is 13.2 Å². The van der Waals surface area contributed by atoms with Crippen LogP contribution in [0.3, 0.4) is 0 Å². The Hall–Kier alpha value is -0.790. The highest BCUT2D eigenvalue weighted by Crippen LogP contribution is 1.92. The molecular formula is C8H16N2. The van der Waals surface area contributed by atoms with E-state index < -0.39 is 0 Å². The van der Waals surface area contributed by atoms with E-state index in [1.165, 1.54) is 0 Å². The van der Waals surface area contributed by atoms with Crippen LogP contribution in [0.1, 0.15) is 26.5 Å². The number of imidazole rings is 1. The Morgan fingerprint density at radius 3 is 2.30 bits per heavy atom. The second-order valence-electron chi connectivity index (χ2n) is 1.88. The van der Waals surface area contributed by atoms with E-state index in [-0.39, 0.29) is 0 Å². The third-order valence-electron chi connectivity index (χ3n) is 1.12. The van der Waals surface area contributed by atoms with Gasteiger partial charge in [0.1, 0.15) is 0 Å². The molecule has 10 heavy (non-hydrogen) atoms. The third kappa shape index (κ3) is 2.67. The maximum absolute atomic E-state index is 4.10. The number of aromatic nitrogens is 2. The van der Waals surface area contributed by atoms with Crippen molar-refractivity contribution in [2.75, 3.05) is 0 Å². The minimum atomic E-state index is 1.03.